The molecule has 2 N–H and O–H groups in total. The number of nitrogens with two attached hydrogens (primary N) is 1. The quantitative estimate of drug-likeness (QED) is 0.678. The maximum absolute atomic E-state index is 6.28. The van der Waals surface area contributed by atoms with E-state index in [4.69, 9.17) is 17.3 Å². The first kappa shape index (κ1) is 11.1. The van der Waals surface area contributed by atoms with Gasteiger partial charge in [0.2, 0.25) is 0 Å². The number of nitrogens with zero attached hydrogens (tertiary/aromatic N) is 2. The van der Waals surface area contributed by atoms with E-state index in [2.05, 4.69) is 4.98 Å². The Bertz CT molecular complexity index is 731. The van der Waals surface area contributed by atoms with Crippen LogP contribution in [0.2, 0.25) is 5.02 Å². The second-order valence-corrected chi connectivity index (χ2v) is 4.72. The van der Waals surface area contributed by atoms with E-state index in [1.165, 1.54) is 0 Å². The minimum Gasteiger partial charge on any atom is -0.399 e. The average Bonchev–Trinajstić information content (AvgIpc) is 2.72. The van der Waals surface area contributed by atoms with Gasteiger partial charge in [-0.05, 0) is 42.8 Å². The van der Waals surface area contributed by atoms with Gasteiger partial charge in [0.05, 0.1) is 21.7 Å². The summed E-state index contributed by atoms with van der Waals surface area (Å²) in [5, 5.41) is 0.714. The summed E-state index contributed by atoms with van der Waals surface area (Å²) in [5.41, 5.74) is 10.4. The summed E-state index contributed by atoms with van der Waals surface area (Å²) in [6.07, 6.45) is 1.76. The van der Waals surface area contributed by atoms with Crippen LogP contribution in [-0.4, -0.2) is 9.55 Å². The summed E-state index contributed by atoms with van der Waals surface area (Å²) in [6, 6.07) is 11.6. The second-order valence-electron chi connectivity index (χ2n) is 4.32. The Morgan fingerprint density at radius 1 is 1.17 bits per heavy atom. The van der Waals surface area contributed by atoms with Crippen molar-refractivity contribution in [1.29, 1.82) is 0 Å². The van der Waals surface area contributed by atoms with Crippen LogP contribution in [0.5, 0.6) is 0 Å². The van der Waals surface area contributed by atoms with Crippen LogP contribution < -0.4 is 5.73 Å². The molecule has 2 aromatic carbocycles. The molecule has 0 saturated heterocycles. The predicted octanol–water partition coefficient (Wildman–Crippen LogP) is 3.57. The Morgan fingerprint density at radius 2 is 2.00 bits per heavy atom. The van der Waals surface area contributed by atoms with Crippen molar-refractivity contribution in [1.82, 2.24) is 9.55 Å². The number of anilines is 1. The molecule has 0 bridgehead atoms. The Kier molecular flexibility index (Phi) is 2.49. The Hall–Kier alpha value is -2.00. The van der Waals surface area contributed by atoms with Gasteiger partial charge in [-0.2, -0.15) is 0 Å². The molecule has 0 fully saturated rings. The number of nitrogen functional groups attached to an aromatic ring is 1. The molecule has 3 aromatic rings. The Morgan fingerprint density at radius 3 is 2.78 bits per heavy atom. The smallest absolute Gasteiger partial charge is 0.100 e. The normalized spacial score (nSPS) is 11.0. The van der Waals surface area contributed by atoms with E-state index in [-0.39, 0.29) is 0 Å². The van der Waals surface area contributed by atoms with Gasteiger partial charge in [-0.3, -0.25) is 4.57 Å². The number of rotatable bonds is 1. The number of halogens is 1. The predicted molar refractivity (Wildman–Crippen MR) is 75.2 cm³/mol. The summed E-state index contributed by atoms with van der Waals surface area (Å²) >= 11 is 6.28. The minimum atomic E-state index is 0.711. The lowest BCUT2D eigenvalue weighted by Gasteiger charge is -2.07. The van der Waals surface area contributed by atoms with Gasteiger partial charge in [-0.25, -0.2) is 4.98 Å². The molecule has 90 valence electrons. The molecule has 18 heavy (non-hydrogen) atoms. The molecule has 0 aliphatic heterocycles. The molecule has 0 radical (unpaired) electrons. The van der Waals surface area contributed by atoms with Gasteiger partial charge in [-0.1, -0.05) is 17.7 Å². The van der Waals surface area contributed by atoms with Crippen molar-refractivity contribution in [3.8, 4) is 5.69 Å². The Labute approximate surface area is 110 Å². The van der Waals surface area contributed by atoms with E-state index in [1.807, 2.05) is 47.9 Å². The fourth-order valence-corrected chi connectivity index (χ4v) is 2.36. The summed E-state index contributed by atoms with van der Waals surface area (Å²) in [4.78, 5) is 4.34. The maximum atomic E-state index is 6.28. The van der Waals surface area contributed by atoms with E-state index in [9.17, 15) is 0 Å². The largest absolute Gasteiger partial charge is 0.399 e. The van der Waals surface area contributed by atoms with Crippen molar-refractivity contribution in [2.45, 2.75) is 6.92 Å². The zero-order valence-corrected chi connectivity index (χ0v) is 10.6. The van der Waals surface area contributed by atoms with E-state index >= 15 is 0 Å². The van der Waals surface area contributed by atoms with Crippen molar-refractivity contribution in [2.24, 2.45) is 0 Å². The van der Waals surface area contributed by atoms with E-state index in [0.717, 1.165) is 22.3 Å². The number of hydrogen-bond donors (Lipinski definition) is 1. The molecule has 0 amide bonds. The third kappa shape index (κ3) is 1.73. The number of aromatic nitrogens is 2. The number of imidazole rings is 1. The molecular formula is C14H12ClN3. The zero-order valence-electron chi connectivity index (χ0n) is 9.89. The fourth-order valence-electron chi connectivity index (χ4n) is 2.03. The van der Waals surface area contributed by atoms with Crippen LogP contribution >= 0.6 is 11.6 Å². The highest BCUT2D eigenvalue weighted by atomic mass is 35.5. The maximum Gasteiger partial charge on any atom is 0.100 e. The molecule has 0 unspecified atom stereocenters. The number of benzene rings is 2. The van der Waals surface area contributed by atoms with Crippen LogP contribution in [0.1, 0.15) is 5.56 Å². The summed E-state index contributed by atoms with van der Waals surface area (Å²) in [5.74, 6) is 0. The van der Waals surface area contributed by atoms with Crippen LogP contribution in [0.3, 0.4) is 0 Å². The highest BCUT2D eigenvalue weighted by Gasteiger charge is 2.08. The van der Waals surface area contributed by atoms with Crippen LogP contribution in [0.4, 0.5) is 5.69 Å². The lowest BCUT2D eigenvalue weighted by atomic mass is 10.2. The van der Waals surface area contributed by atoms with E-state index < -0.39 is 0 Å². The average molecular weight is 258 g/mol. The molecule has 3 nitrogen and oxygen atoms in total. The van der Waals surface area contributed by atoms with Crippen LogP contribution in [0.15, 0.2) is 42.7 Å². The van der Waals surface area contributed by atoms with Gasteiger partial charge in [0, 0.05) is 5.69 Å². The third-order valence-electron chi connectivity index (χ3n) is 2.93. The van der Waals surface area contributed by atoms with Gasteiger partial charge < -0.3 is 5.73 Å². The second kappa shape index (κ2) is 4.03. The first-order valence-corrected chi connectivity index (χ1v) is 6.02. The first-order valence-electron chi connectivity index (χ1n) is 5.64. The van der Waals surface area contributed by atoms with Crippen molar-refractivity contribution < 1.29 is 0 Å². The van der Waals surface area contributed by atoms with Crippen molar-refractivity contribution in [3.63, 3.8) is 0 Å². The first-order chi connectivity index (χ1) is 8.65. The number of fused-ring (bicyclic) bond motifs is 1. The van der Waals surface area contributed by atoms with Gasteiger partial charge >= 0.3 is 0 Å². The highest BCUT2D eigenvalue weighted by molar-refractivity contribution is 6.32. The lowest BCUT2D eigenvalue weighted by Crippen LogP contribution is -1.93. The third-order valence-corrected chi connectivity index (χ3v) is 3.24. The SMILES string of the molecule is Cc1ccc(-n2cnc3cc(N)ccc32)c(Cl)c1. The van der Waals surface area contributed by atoms with Gasteiger partial charge in [0.25, 0.3) is 0 Å². The molecule has 1 heterocycles. The van der Waals surface area contributed by atoms with E-state index in [0.29, 0.717) is 10.7 Å². The topological polar surface area (TPSA) is 43.8 Å². The summed E-state index contributed by atoms with van der Waals surface area (Å²) < 4.78 is 1.97. The van der Waals surface area contributed by atoms with Crippen molar-refractivity contribution in [2.75, 3.05) is 5.73 Å². The number of aryl methyl sites for hydroxylation is 1. The van der Waals surface area contributed by atoms with Gasteiger partial charge in [-0.15, -0.1) is 0 Å². The standard InChI is InChI=1S/C14H12ClN3/c1-9-2-4-13(11(15)6-9)18-8-17-12-7-10(16)3-5-14(12)18/h2-8H,16H2,1H3. The zero-order chi connectivity index (χ0) is 12.7. The lowest BCUT2D eigenvalue weighted by molar-refractivity contribution is 1.09. The van der Waals surface area contributed by atoms with Gasteiger partial charge in [0.1, 0.15) is 6.33 Å². The molecule has 3 rings (SSSR count). The summed E-state index contributed by atoms with van der Waals surface area (Å²) in [6.45, 7) is 2.02. The Balaban J connectivity index is 2.25. The van der Waals surface area contributed by atoms with Crippen molar-refractivity contribution >= 4 is 28.3 Å². The molecule has 0 atom stereocenters. The number of hydrogen-bond acceptors (Lipinski definition) is 2. The molecule has 0 aliphatic rings. The molecular weight excluding hydrogens is 246 g/mol. The summed E-state index contributed by atoms with van der Waals surface area (Å²) in [7, 11) is 0. The van der Waals surface area contributed by atoms with Gasteiger partial charge in [0.15, 0.2) is 0 Å². The molecule has 4 heteroatoms. The van der Waals surface area contributed by atoms with Crippen LogP contribution in [0.25, 0.3) is 16.7 Å². The van der Waals surface area contributed by atoms with Crippen molar-refractivity contribution in [3.05, 3.63) is 53.3 Å². The van der Waals surface area contributed by atoms with Crippen LogP contribution in [0, 0.1) is 6.92 Å². The molecule has 0 spiro atoms. The molecule has 1 aromatic heterocycles. The minimum absolute atomic E-state index is 0.711. The van der Waals surface area contributed by atoms with E-state index in [1.54, 1.807) is 6.33 Å². The molecule has 0 saturated carbocycles. The molecule has 0 aliphatic carbocycles. The monoisotopic (exact) mass is 257 g/mol. The van der Waals surface area contributed by atoms with Crippen LogP contribution in [-0.2, 0) is 0 Å². The fraction of sp³-hybridized carbons (Fsp3) is 0.0714. The highest BCUT2D eigenvalue weighted by Crippen LogP contribution is 2.26.